The fourth-order valence-corrected chi connectivity index (χ4v) is 4.07. The van der Waals surface area contributed by atoms with Crippen molar-refractivity contribution in [1.82, 2.24) is 0 Å². The van der Waals surface area contributed by atoms with Crippen molar-refractivity contribution >= 4 is 52.2 Å². The maximum atomic E-state index is 13.2. The number of halogens is 1. The van der Waals surface area contributed by atoms with Crippen molar-refractivity contribution in [3.63, 3.8) is 0 Å². The highest BCUT2D eigenvalue weighted by Crippen LogP contribution is 2.31. The minimum Gasteiger partial charge on any atom is -0.399 e. The summed E-state index contributed by atoms with van der Waals surface area (Å²) in [4.78, 5) is 52.8. The van der Waals surface area contributed by atoms with E-state index in [0.717, 1.165) is 4.90 Å². The smallest absolute Gasteiger partial charge is 0.266 e. The normalized spacial score (nSPS) is 12.4. The van der Waals surface area contributed by atoms with Crippen LogP contribution in [0, 0.1) is 0 Å². The van der Waals surface area contributed by atoms with Crippen LogP contribution >= 0.6 is 11.6 Å². The predicted octanol–water partition coefficient (Wildman–Crippen LogP) is 5.21. The first-order valence-electron chi connectivity index (χ1n) is 10.9. The van der Waals surface area contributed by atoms with Gasteiger partial charge in [-0.05, 0) is 78.9 Å². The standard InChI is InChI=1S/C28H18ClN3O4/c29-19-8-4-16(5-9-19)25(33)18-2-1-3-22(14-18)32-27(35)23-13-12-21(15-24(23)28(32)36)31-26(34)17-6-10-20(30)11-7-17/h1-15H,30H2,(H,31,34). The third-order valence-corrected chi connectivity index (χ3v) is 6.04. The zero-order valence-electron chi connectivity index (χ0n) is 18.7. The number of nitrogens with one attached hydrogen (secondary N) is 1. The van der Waals surface area contributed by atoms with Gasteiger partial charge in [0.2, 0.25) is 0 Å². The summed E-state index contributed by atoms with van der Waals surface area (Å²) in [6.45, 7) is 0. The summed E-state index contributed by atoms with van der Waals surface area (Å²) in [5.41, 5.74) is 8.35. The molecule has 1 aliphatic heterocycles. The number of hydrogen-bond donors (Lipinski definition) is 2. The van der Waals surface area contributed by atoms with E-state index in [9.17, 15) is 19.2 Å². The van der Waals surface area contributed by atoms with E-state index in [0.29, 0.717) is 33.1 Å². The molecule has 0 saturated heterocycles. The number of rotatable bonds is 5. The number of nitrogen functional groups attached to an aromatic ring is 1. The molecule has 36 heavy (non-hydrogen) atoms. The quantitative estimate of drug-likeness (QED) is 0.224. The molecule has 5 rings (SSSR count). The number of carbonyl (C=O) groups is 4. The summed E-state index contributed by atoms with van der Waals surface area (Å²) in [5, 5.41) is 3.24. The van der Waals surface area contributed by atoms with Crippen molar-refractivity contribution in [1.29, 1.82) is 0 Å². The summed E-state index contributed by atoms with van der Waals surface area (Å²) < 4.78 is 0. The Morgan fingerprint density at radius 3 is 2.11 bits per heavy atom. The molecule has 3 N–H and O–H groups in total. The Morgan fingerprint density at radius 1 is 0.722 bits per heavy atom. The second kappa shape index (κ2) is 9.13. The molecule has 0 saturated carbocycles. The minimum absolute atomic E-state index is 0.157. The Hall–Kier alpha value is -4.75. The Bertz CT molecular complexity index is 1550. The van der Waals surface area contributed by atoms with E-state index >= 15 is 0 Å². The minimum atomic E-state index is -0.547. The van der Waals surface area contributed by atoms with E-state index in [2.05, 4.69) is 5.32 Å². The van der Waals surface area contributed by atoms with Gasteiger partial charge in [-0.1, -0.05) is 23.7 Å². The Balaban J connectivity index is 1.40. The first-order valence-corrected chi connectivity index (χ1v) is 11.3. The van der Waals surface area contributed by atoms with Crippen LogP contribution in [-0.2, 0) is 0 Å². The van der Waals surface area contributed by atoms with E-state index < -0.39 is 11.8 Å². The number of benzene rings is 4. The molecule has 0 spiro atoms. The number of fused-ring (bicyclic) bond motifs is 1. The number of imide groups is 1. The van der Waals surface area contributed by atoms with E-state index in [4.69, 9.17) is 17.3 Å². The van der Waals surface area contributed by atoms with Crippen molar-refractivity contribution in [3.8, 4) is 0 Å². The van der Waals surface area contributed by atoms with Crippen LogP contribution in [-0.4, -0.2) is 23.5 Å². The average molecular weight is 496 g/mol. The van der Waals surface area contributed by atoms with Gasteiger partial charge in [-0.15, -0.1) is 0 Å². The molecule has 7 nitrogen and oxygen atoms in total. The van der Waals surface area contributed by atoms with Gasteiger partial charge in [-0.2, -0.15) is 0 Å². The van der Waals surface area contributed by atoms with Gasteiger partial charge in [0, 0.05) is 33.1 Å². The number of nitrogens with two attached hydrogens (primary N) is 1. The lowest BCUT2D eigenvalue weighted by Crippen LogP contribution is -2.29. The Morgan fingerprint density at radius 2 is 1.39 bits per heavy atom. The van der Waals surface area contributed by atoms with Crippen LogP contribution in [0.5, 0.6) is 0 Å². The average Bonchev–Trinajstić information content (AvgIpc) is 3.13. The maximum absolute atomic E-state index is 13.2. The molecule has 0 unspecified atom stereocenters. The highest BCUT2D eigenvalue weighted by atomic mass is 35.5. The van der Waals surface area contributed by atoms with Gasteiger partial charge in [0.25, 0.3) is 17.7 Å². The molecule has 0 aromatic heterocycles. The number of anilines is 3. The lowest BCUT2D eigenvalue weighted by atomic mass is 10.0. The van der Waals surface area contributed by atoms with Crippen LogP contribution in [0.25, 0.3) is 0 Å². The van der Waals surface area contributed by atoms with Crippen molar-refractivity contribution in [2.45, 2.75) is 0 Å². The Labute approximate surface area is 211 Å². The second-order valence-electron chi connectivity index (χ2n) is 8.17. The summed E-state index contributed by atoms with van der Waals surface area (Å²) in [7, 11) is 0. The summed E-state index contributed by atoms with van der Waals surface area (Å²) in [6.07, 6.45) is 0. The van der Waals surface area contributed by atoms with Gasteiger partial charge in [0.1, 0.15) is 0 Å². The van der Waals surface area contributed by atoms with E-state index in [1.165, 1.54) is 18.2 Å². The third kappa shape index (κ3) is 4.23. The number of ketones is 1. The summed E-state index contributed by atoms with van der Waals surface area (Å²) in [6, 6.07) is 23.7. The molecular formula is C28H18ClN3O4. The molecule has 176 valence electrons. The highest BCUT2D eigenvalue weighted by molar-refractivity contribution is 6.35. The first kappa shape index (κ1) is 23.0. The van der Waals surface area contributed by atoms with Gasteiger partial charge < -0.3 is 11.1 Å². The monoisotopic (exact) mass is 495 g/mol. The molecule has 3 amide bonds. The summed E-state index contributed by atoms with van der Waals surface area (Å²) in [5.74, 6) is -1.70. The van der Waals surface area contributed by atoms with Crippen LogP contribution in [0.1, 0.15) is 47.0 Å². The lowest BCUT2D eigenvalue weighted by Gasteiger charge is -2.15. The van der Waals surface area contributed by atoms with Crippen LogP contribution in [0.3, 0.4) is 0 Å². The van der Waals surface area contributed by atoms with Crippen molar-refractivity contribution in [2.75, 3.05) is 16.0 Å². The highest BCUT2D eigenvalue weighted by Gasteiger charge is 2.37. The molecule has 0 bridgehead atoms. The van der Waals surface area contributed by atoms with Crippen molar-refractivity contribution in [2.24, 2.45) is 0 Å². The lowest BCUT2D eigenvalue weighted by molar-refractivity contribution is 0.0923. The fourth-order valence-electron chi connectivity index (χ4n) is 3.95. The zero-order chi connectivity index (χ0) is 25.4. The number of carbonyl (C=O) groups excluding carboxylic acids is 4. The largest absolute Gasteiger partial charge is 0.399 e. The molecule has 4 aromatic carbocycles. The van der Waals surface area contributed by atoms with Gasteiger partial charge in [0.05, 0.1) is 16.8 Å². The topological polar surface area (TPSA) is 110 Å². The summed E-state index contributed by atoms with van der Waals surface area (Å²) >= 11 is 5.91. The molecule has 0 fully saturated rings. The van der Waals surface area contributed by atoms with Gasteiger partial charge >= 0.3 is 0 Å². The van der Waals surface area contributed by atoms with Gasteiger partial charge in [-0.25, -0.2) is 4.90 Å². The molecule has 1 aliphatic rings. The van der Waals surface area contributed by atoms with Crippen LogP contribution in [0.15, 0.2) is 91.0 Å². The van der Waals surface area contributed by atoms with Gasteiger partial charge in [-0.3, -0.25) is 19.2 Å². The van der Waals surface area contributed by atoms with E-state index in [-0.39, 0.29) is 28.5 Å². The maximum Gasteiger partial charge on any atom is 0.266 e. The van der Waals surface area contributed by atoms with Crippen LogP contribution in [0.4, 0.5) is 17.1 Å². The number of hydrogen-bond acceptors (Lipinski definition) is 5. The number of nitrogens with zero attached hydrogens (tertiary/aromatic N) is 1. The molecule has 0 radical (unpaired) electrons. The molecular weight excluding hydrogens is 478 g/mol. The Kier molecular flexibility index (Phi) is 5.83. The predicted molar refractivity (Wildman–Crippen MR) is 138 cm³/mol. The van der Waals surface area contributed by atoms with E-state index in [1.807, 2.05) is 0 Å². The van der Waals surface area contributed by atoms with E-state index in [1.54, 1.807) is 72.8 Å². The second-order valence-corrected chi connectivity index (χ2v) is 8.60. The van der Waals surface area contributed by atoms with Crippen molar-refractivity contribution < 1.29 is 19.2 Å². The van der Waals surface area contributed by atoms with Gasteiger partial charge in [0.15, 0.2) is 5.78 Å². The first-order chi connectivity index (χ1) is 17.3. The molecule has 0 atom stereocenters. The number of amides is 3. The zero-order valence-corrected chi connectivity index (χ0v) is 19.5. The molecule has 4 aromatic rings. The SMILES string of the molecule is Nc1ccc(C(=O)Nc2ccc3c(c2)C(=O)N(c2cccc(C(=O)c4ccc(Cl)cc4)c2)C3=O)cc1. The molecule has 0 aliphatic carbocycles. The third-order valence-electron chi connectivity index (χ3n) is 5.79. The van der Waals surface area contributed by atoms with Crippen molar-refractivity contribution in [3.05, 3.63) is 124 Å². The molecule has 1 heterocycles. The van der Waals surface area contributed by atoms with Crippen LogP contribution in [0.2, 0.25) is 5.02 Å². The fraction of sp³-hybridized carbons (Fsp3) is 0. The van der Waals surface area contributed by atoms with Crippen LogP contribution < -0.4 is 16.0 Å². The molecule has 8 heteroatoms.